The fraction of sp³-hybridized carbons (Fsp3) is 0.636. The van der Waals surface area contributed by atoms with E-state index in [1.807, 2.05) is 13.8 Å². The minimum atomic E-state index is 0. The molecule has 3 N–H and O–H groups in total. The zero-order valence-electron chi connectivity index (χ0n) is 18.3. The van der Waals surface area contributed by atoms with Gasteiger partial charge in [-0.2, -0.15) is 0 Å². The van der Waals surface area contributed by atoms with E-state index in [1.165, 1.54) is 5.56 Å². The minimum absolute atomic E-state index is 0. The van der Waals surface area contributed by atoms with E-state index >= 15 is 0 Å². The second-order valence-corrected chi connectivity index (χ2v) is 7.90. The molecule has 1 aromatic carbocycles. The van der Waals surface area contributed by atoms with Crippen LogP contribution >= 0.6 is 24.0 Å². The van der Waals surface area contributed by atoms with Crippen LogP contribution in [0.4, 0.5) is 0 Å². The molecule has 0 bridgehead atoms. The fourth-order valence-corrected chi connectivity index (χ4v) is 3.58. The lowest BCUT2D eigenvalue weighted by molar-refractivity contribution is -0.121. The van der Waals surface area contributed by atoms with E-state index < -0.39 is 0 Å². The number of benzene rings is 1. The smallest absolute Gasteiger partial charge is 0.222 e. The predicted molar refractivity (Wildman–Crippen MR) is 132 cm³/mol. The minimum Gasteiger partial charge on any atom is -0.357 e. The largest absolute Gasteiger partial charge is 0.357 e. The van der Waals surface area contributed by atoms with Gasteiger partial charge in [0.15, 0.2) is 5.96 Å². The first-order chi connectivity index (χ1) is 13.5. The Balaban J connectivity index is 0.00000420. The number of hydrogen-bond acceptors (Lipinski definition) is 3. The van der Waals surface area contributed by atoms with Crippen molar-refractivity contribution in [1.82, 2.24) is 20.9 Å². The summed E-state index contributed by atoms with van der Waals surface area (Å²) in [5.41, 5.74) is 1.37. The Labute approximate surface area is 193 Å². The van der Waals surface area contributed by atoms with Gasteiger partial charge in [0.2, 0.25) is 5.91 Å². The zero-order valence-corrected chi connectivity index (χ0v) is 20.6. The van der Waals surface area contributed by atoms with Gasteiger partial charge in [-0.25, -0.2) is 0 Å². The van der Waals surface area contributed by atoms with Gasteiger partial charge in [0.1, 0.15) is 0 Å². The number of halogens is 1. The van der Waals surface area contributed by atoms with Gasteiger partial charge in [-0.1, -0.05) is 30.3 Å². The summed E-state index contributed by atoms with van der Waals surface area (Å²) in [6.07, 6.45) is 2.60. The van der Waals surface area contributed by atoms with Crippen LogP contribution in [0.3, 0.4) is 0 Å². The standard InChI is InChI=1S/C22H37N5O.HI/c1-5-23-22(24-13-11-21(28)25-17(2)3)26-20-12-14-27(18(4)15-20)16-19-9-7-6-8-10-19;/h6-10,17-18,20H,5,11-16H2,1-4H3,(H,25,28)(H2,23,24,26);1H. The predicted octanol–water partition coefficient (Wildman–Crippen LogP) is 3.13. The third kappa shape index (κ3) is 9.80. The Morgan fingerprint density at radius 3 is 2.62 bits per heavy atom. The number of nitrogens with zero attached hydrogens (tertiary/aromatic N) is 2. The topological polar surface area (TPSA) is 68.8 Å². The van der Waals surface area contributed by atoms with Crippen LogP contribution in [0.25, 0.3) is 0 Å². The quantitative estimate of drug-likeness (QED) is 0.283. The van der Waals surface area contributed by atoms with Crippen molar-refractivity contribution in [1.29, 1.82) is 0 Å². The number of nitrogens with one attached hydrogen (secondary N) is 3. The van der Waals surface area contributed by atoms with Crippen LogP contribution in [-0.4, -0.2) is 54.5 Å². The van der Waals surface area contributed by atoms with Gasteiger partial charge in [-0.3, -0.25) is 14.7 Å². The fourth-order valence-electron chi connectivity index (χ4n) is 3.58. The monoisotopic (exact) mass is 515 g/mol. The highest BCUT2D eigenvalue weighted by Crippen LogP contribution is 2.19. The molecule has 1 aliphatic heterocycles. The van der Waals surface area contributed by atoms with Crippen molar-refractivity contribution >= 4 is 35.8 Å². The van der Waals surface area contributed by atoms with Crippen LogP contribution in [0.1, 0.15) is 52.5 Å². The lowest BCUT2D eigenvalue weighted by atomic mass is 9.97. The van der Waals surface area contributed by atoms with Crippen molar-refractivity contribution < 1.29 is 4.79 Å². The van der Waals surface area contributed by atoms with E-state index in [1.54, 1.807) is 0 Å². The average Bonchev–Trinajstić information content (AvgIpc) is 2.64. The first kappa shape index (κ1) is 25.7. The average molecular weight is 515 g/mol. The Hall–Kier alpha value is -1.35. The molecular formula is C22H38IN5O. The third-order valence-electron chi connectivity index (χ3n) is 4.99. The molecule has 2 rings (SSSR count). The van der Waals surface area contributed by atoms with Gasteiger partial charge in [-0.15, -0.1) is 24.0 Å². The summed E-state index contributed by atoms with van der Waals surface area (Å²) in [7, 11) is 0. The van der Waals surface area contributed by atoms with E-state index in [9.17, 15) is 4.79 Å². The molecule has 7 heteroatoms. The molecular weight excluding hydrogens is 477 g/mol. The highest BCUT2D eigenvalue weighted by atomic mass is 127. The summed E-state index contributed by atoms with van der Waals surface area (Å²) in [6.45, 7) is 11.7. The van der Waals surface area contributed by atoms with E-state index in [-0.39, 0.29) is 35.9 Å². The molecule has 164 valence electrons. The summed E-state index contributed by atoms with van der Waals surface area (Å²) in [4.78, 5) is 18.9. The van der Waals surface area contributed by atoms with Crippen LogP contribution in [0.5, 0.6) is 0 Å². The van der Waals surface area contributed by atoms with Gasteiger partial charge in [0.05, 0.1) is 6.54 Å². The van der Waals surface area contributed by atoms with Crippen LogP contribution in [0.15, 0.2) is 35.3 Å². The third-order valence-corrected chi connectivity index (χ3v) is 4.99. The number of amides is 1. The molecule has 1 aliphatic rings. The van der Waals surface area contributed by atoms with Crippen LogP contribution in [0.2, 0.25) is 0 Å². The summed E-state index contributed by atoms with van der Waals surface area (Å²) < 4.78 is 0. The molecule has 29 heavy (non-hydrogen) atoms. The van der Waals surface area contributed by atoms with Gasteiger partial charge in [-0.05, 0) is 46.1 Å². The van der Waals surface area contributed by atoms with Crippen LogP contribution in [-0.2, 0) is 11.3 Å². The molecule has 1 aromatic rings. The number of aliphatic imine (C=N–C) groups is 1. The number of carbonyl (C=O) groups is 1. The van der Waals surface area contributed by atoms with Crippen molar-refractivity contribution in [3.63, 3.8) is 0 Å². The highest BCUT2D eigenvalue weighted by molar-refractivity contribution is 14.0. The van der Waals surface area contributed by atoms with Gasteiger partial charge in [0, 0.05) is 44.2 Å². The van der Waals surface area contributed by atoms with Crippen LogP contribution < -0.4 is 16.0 Å². The molecule has 1 heterocycles. The van der Waals surface area contributed by atoms with Crippen molar-refractivity contribution in [3.05, 3.63) is 35.9 Å². The summed E-state index contributed by atoms with van der Waals surface area (Å²) in [6, 6.07) is 11.8. The summed E-state index contributed by atoms with van der Waals surface area (Å²) in [5, 5.41) is 9.78. The van der Waals surface area contributed by atoms with Crippen LogP contribution in [0, 0.1) is 0 Å². The maximum absolute atomic E-state index is 11.8. The molecule has 1 saturated heterocycles. The number of carbonyl (C=O) groups excluding carboxylic acids is 1. The maximum Gasteiger partial charge on any atom is 0.222 e. The Bertz CT molecular complexity index is 623. The lowest BCUT2D eigenvalue weighted by Gasteiger charge is -2.38. The number of rotatable bonds is 8. The SMILES string of the molecule is CCNC(=NCCC(=O)NC(C)C)NC1CCN(Cc2ccccc2)C(C)C1.I. The molecule has 0 saturated carbocycles. The molecule has 1 amide bonds. The van der Waals surface area contributed by atoms with E-state index in [4.69, 9.17) is 0 Å². The number of likely N-dealkylation sites (tertiary alicyclic amines) is 1. The highest BCUT2D eigenvalue weighted by Gasteiger charge is 2.25. The second-order valence-electron chi connectivity index (χ2n) is 7.90. The molecule has 0 radical (unpaired) electrons. The van der Waals surface area contributed by atoms with E-state index in [2.05, 4.69) is 70.0 Å². The van der Waals surface area contributed by atoms with Crippen molar-refractivity contribution in [2.24, 2.45) is 4.99 Å². The van der Waals surface area contributed by atoms with Crippen molar-refractivity contribution in [2.75, 3.05) is 19.6 Å². The Morgan fingerprint density at radius 1 is 1.28 bits per heavy atom. The first-order valence-electron chi connectivity index (χ1n) is 10.6. The molecule has 2 unspecified atom stereocenters. The number of guanidine groups is 1. The number of piperidine rings is 1. The van der Waals surface area contributed by atoms with Crippen molar-refractivity contribution in [3.8, 4) is 0 Å². The first-order valence-corrected chi connectivity index (χ1v) is 10.6. The van der Waals surface area contributed by atoms with Gasteiger partial charge in [0.25, 0.3) is 0 Å². The summed E-state index contributed by atoms with van der Waals surface area (Å²) in [5.74, 6) is 0.867. The van der Waals surface area contributed by atoms with E-state index in [0.29, 0.717) is 25.0 Å². The van der Waals surface area contributed by atoms with E-state index in [0.717, 1.165) is 38.4 Å². The number of hydrogen-bond donors (Lipinski definition) is 3. The Morgan fingerprint density at radius 2 is 2.00 bits per heavy atom. The molecule has 2 atom stereocenters. The van der Waals surface area contributed by atoms with Crippen molar-refractivity contribution in [2.45, 2.75) is 71.6 Å². The molecule has 0 aliphatic carbocycles. The summed E-state index contributed by atoms with van der Waals surface area (Å²) >= 11 is 0. The van der Waals surface area contributed by atoms with Gasteiger partial charge >= 0.3 is 0 Å². The molecule has 6 nitrogen and oxygen atoms in total. The second kappa shape index (κ2) is 13.8. The van der Waals surface area contributed by atoms with Gasteiger partial charge < -0.3 is 16.0 Å². The maximum atomic E-state index is 11.8. The molecule has 0 aromatic heterocycles. The molecule has 0 spiro atoms. The molecule has 1 fully saturated rings. The normalized spacial score (nSPS) is 20.1. The lowest BCUT2D eigenvalue weighted by Crippen LogP contribution is -2.51. The Kier molecular flexibility index (Phi) is 12.2. The zero-order chi connectivity index (χ0) is 20.4.